The number of nitrogens with two attached hydrogens (primary N) is 1. The highest BCUT2D eigenvalue weighted by Gasteiger charge is 2.09. The Hall–Kier alpha value is -1.99. The summed E-state index contributed by atoms with van der Waals surface area (Å²) in [5, 5.41) is 6.07. The smallest absolute Gasteiger partial charge is 0.236 e. The molecule has 0 aliphatic heterocycles. The Labute approximate surface area is 133 Å². The Morgan fingerprint density at radius 1 is 1.41 bits per heavy atom. The minimum atomic E-state index is -0.528. The van der Waals surface area contributed by atoms with Crippen LogP contribution >= 0.6 is 11.3 Å². The van der Waals surface area contributed by atoms with Crippen LogP contribution in [-0.2, 0) is 9.59 Å². The molecule has 1 heterocycles. The van der Waals surface area contributed by atoms with Gasteiger partial charge >= 0.3 is 0 Å². The number of nitrogens with zero attached hydrogens (tertiary/aromatic N) is 1. The Morgan fingerprint density at radius 3 is 2.91 bits per heavy atom. The van der Waals surface area contributed by atoms with E-state index in [2.05, 4.69) is 15.6 Å². The third kappa shape index (κ3) is 4.51. The molecule has 1 atom stereocenters. The predicted molar refractivity (Wildman–Crippen MR) is 88.9 cm³/mol. The highest BCUT2D eigenvalue weighted by atomic mass is 32.1. The standard InChI is InChI=1S/C15H20N4O2S/c1-9-5-6-11-12(8-9)22-15(18-11)19-13(20)4-3-7-17-14(21)10(2)16/h5-6,8,10H,3-4,7,16H2,1-2H3,(H,17,21)(H,18,19,20)/t10-/m0/s1. The number of rotatable bonds is 6. The Morgan fingerprint density at radius 2 is 2.18 bits per heavy atom. The lowest BCUT2D eigenvalue weighted by Gasteiger charge is -2.07. The van der Waals surface area contributed by atoms with E-state index >= 15 is 0 Å². The lowest BCUT2D eigenvalue weighted by molar-refractivity contribution is -0.122. The van der Waals surface area contributed by atoms with Crippen molar-refractivity contribution in [2.45, 2.75) is 32.7 Å². The average molecular weight is 320 g/mol. The zero-order valence-corrected chi connectivity index (χ0v) is 13.5. The minimum Gasteiger partial charge on any atom is -0.355 e. The Bertz CT molecular complexity index is 681. The van der Waals surface area contributed by atoms with Gasteiger partial charge in [0, 0.05) is 13.0 Å². The third-order valence-corrected chi connectivity index (χ3v) is 4.02. The Kier molecular flexibility index (Phi) is 5.46. The SMILES string of the molecule is Cc1ccc2nc(NC(=O)CCCNC(=O)[C@H](C)N)sc2c1. The maximum absolute atomic E-state index is 11.9. The lowest BCUT2D eigenvalue weighted by Crippen LogP contribution is -2.38. The molecule has 0 saturated heterocycles. The summed E-state index contributed by atoms with van der Waals surface area (Å²) in [6.45, 7) is 4.08. The number of hydrogen-bond acceptors (Lipinski definition) is 5. The fraction of sp³-hybridized carbons (Fsp3) is 0.400. The summed E-state index contributed by atoms with van der Waals surface area (Å²) in [6.07, 6.45) is 0.891. The van der Waals surface area contributed by atoms with Crippen molar-refractivity contribution >= 4 is 38.5 Å². The van der Waals surface area contributed by atoms with Gasteiger partial charge in [-0.15, -0.1) is 0 Å². The second-order valence-electron chi connectivity index (χ2n) is 5.22. The second kappa shape index (κ2) is 7.33. The van der Waals surface area contributed by atoms with Crippen LogP contribution in [0.4, 0.5) is 5.13 Å². The zero-order chi connectivity index (χ0) is 16.1. The minimum absolute atomic E-state index is 0.106. The topological polar surface area (TPSA) is 97.1 Å². The molecule has 0 bridgehead atoms. The molecule has 0 radical (unpaired) electrons. The normalized spacial score (nSPS) is 12.1. The van der Waals surface area contributed by atoms with Gasteiger partial charge in [-0.05, 0) is 38.0 Å². The number of amides is 2. The summed E-state index contributed by atoms with van der Waals surface area (Å²) < 4.78 is 1.06. The largest absolute Gasteiger partial charge is 0.355 e. The van der Waals surface area contributed by atoms with Crippen molar-refractivity contribution in [2.75, 3.05) is 11.9 Å². The fourth-order valence-electron chi connectivity index (χ4n) is 1.89. The van der Waals surface area contributed by atoms with E-state index in [0.717, 1.165) is 10.2 Å². The van der Waals surface area contributed by atoms with E-state index in [-0.39, 0.29) is 11.8 Å². The molecule has 2 amide bonds. The van der Waals surface area contributed by atoms with Crippen LogP contribution in [0.5, 0.6) is 0 Å². The number of aromatic nitrogens is 1. The van der Waals surface area contributed by atoms with E-state index in [0.29, 0.717) is 24.5 Å². The molecule has 2 rings (SSSR count). The molecule has 0 fully saturated rings. The van der Waals surface area contributed by atoms with Crippen LogP contribution < -0.4 is 16.4 Å². The quantitative estimate of drug-likeness (QED) is 0.707. The van der Waals surface area contributed by atoms with Gasteiger partial charge in [-0.2, -0.15) is 0 Å². The van der Waals surface area contributed by atoms with Gasteiger partial charge in [0.1, 0.15) is 0 Å². The van der Waals surface area contributed by atoms with Crippen LogP contribution in [0.15, 0.2) is 18.2 Å². The van der Waals surface area contributed by atoms with Crippen molar-refractivity contribution in [3.8, 4) is 0 Å². The molecule has 7 heteroatoms. The average Bonchev–Trinajstić information content (AvgIpc) is 2.84. The monoisotopic (exact) mass is 320 g/mol. The van der Waals surface area contributed by atoms with Gasteiger partial charge in [0.2, 0.25) is 11.8 Å². The van der Waals surface area contributed by atoms with Crippen LogP contribution in [0.3, 0.4) is 0 Å². The van der Waals surface area contributed by atoms with E-state index < -0.39 is 6.04 Å². The van der Waals surface area contributed by atoms with Crippen molar-refractivity contribution in [3.05, 3.63) is 23.8 Å². The van der Waals surface area contributed by atoms with Crippen molar-refractivity contribution in [3.63, 3.8) is 0 Å². The molecule has 22 heavy (non-hydrogen) atoms. The number of anilines is 1. The molecule has 1 aromatic heterocycles. The van der Waals surface area contributed by atoms with E-state index in [4.69, 9.17) is 5.73 Å². The summed E-state index contributed by atoms with van der Waals surface area (Å²) in [7, 11) is 0. The molecule has 0 unspecified atom stereocenters. The number of nitrogens with one attached hydrogen (secondary N) is 2. The molecular formula is C15H20N4O2S. The molecule has 118 valence electrons. The summed E-state index contributed by atoms with van der Waals surface area (Å²) in [6, 6.07) is 5.46. The van der Waals surface area contributed by atoms with Crippen LogP contribution in [-0.4, -0.2) is 29.4 Å². The third-order valence-electron chi connectivity index (χ3n) is 3.08. The number of benzene rings is 1. The fourth-order valence-corrected chi connectivity index (χ4v) is 2.87. The van der Waals surface area contributed by atoms with E-state index in [1.54, 1.807) is 6.92 Å². The van der Waals surface area contributed by atoms with Gasteiger partial charge in [0.25, 0.3) is 0 Å². The van der Waals surface area contributed by atoms with E-state index in [9.17, 15) is 9.59 Å². The number of hydrogen-bond donors (Lipinski definition) is 3. The van der Waals surface area contributed by atoms with Crippen LogP contribution in [0.2, 0.25) is 0 Å². The van der Waals surface area contributed by atoms with Gasteiger partial charge < -0.3 is 16.4 Å². The van der Waals surface area contributed by atoms with Gasteiger partial charge in [-0.1, -0.05) is 17.4 Å². The predicted octanol–water partition coefficient (Wildman–Crippen LogP) is 1.79. The number of carbonyl (C=O) groups excluding carboxylic acids is 2. The molecular weight excluding hydrogens is 300 g/mol. The van der Waals surface area contributed by atoms with Crippen molar-refractivity contribution in [1.82, 2.24) is 10.3 Å². The number of aryl methyl sites for hydroxylation is 1. The first-order valence-electron chi connectivity index (χ1n) is 7.16. The van der Waals surface area contributed by atoms with Gasteiger partial charge in [-0.25, -0.2) is 4.98 Å². The van der Waals surface area contributed by atoms with E-state index in [1.165, 1.54) is 16.9 Å². The highest BCUT2D eigenvalue weighted by molar-refractivity contribution is 7.22. The molecule has 0 spiro atoms. The molecule has 0 aliphatic rings. The van der Waals surface area contributed by atoms with Crippen molar-refractivity contribution in [2.24, 2.45) is 5.73 Å². The summed E-state index contributed by atoms with van der Waals surface area (Å²) in [5.41, 5.74) is 7.48. The lowest BCUT2D eigenvalue weighted by atomic mass is 10.2. The molecule has 4 N–H and O–H groups in total. The maximum atomic E-state index is 11.9. The highest BCUT2D eigenvalue weighted by Crippen LogP contribution is 2.26. The first-order chi connectivity index (χ1) is 10.5. The van der Waals surface area contributed by atoms with Gasteiger partial charge in [0.15, 0.2) is 5.13 Å². The van der Waals surface area contributed by atoms with Crippen LogP contribution in [0, 0.1) is 6.92 Å². The van der Waals surface area contributed by atoms with Crippen LogP contribution in [0.1, 0.15) is 25.3 Å². The van der Waals surface area contributed by atoms with Crippen molar-refractivity contribution in [1.29, 1.82) is 0 Å². The molecule has 0 saturated carbocycles. The maximum Gasteiger partial charge on any atom is 0.236 e. The van der Waals surface area contributed by atoms with Gasteiger partial charge in [0.05, 0.1) is 16.3 Å². The molecule has 6 nitrogen and oxygen atoms in total. The molecule has 0 aliphatic carbocycles. The zero-order valence-electron chi connectivity index (χ0n) is 12.7. The number of fused-ring (bicyclic) bond motifs is 1. The number of thiazole rings is 1. The molecule has 2 aromatic rings. The summed E-state index contributed by atoms with van der Waals surface area (Å²) in [4.78, 5) is 27.5. The second-order valence-corrected chi connectivity index (χ2v) is 6.25. The number of carbonyl (C=O) groups is 2. The van der Waals surface area contributed by atoms with Crippen LogP contribution in [0.25, 0.3) is 10.2 Å². The van der Waals surface area contributed by atoms with Crippen molar-refractivity contribution < 1.29 is 9.59 Å². The Balaban J connectivity index is 1.80. The first-order valence-corrected chi connectivity index (χ1v) is 7.97. The summed E-state index contributed by atoms with van der Waals surface area (Å²) >= 11 is 1.46. The first kappa shape index (κ1) is 16.4. The van der Waals surface area contributed by atoms with E-state index in [1.807, 2.05) is 25.1 Å². The molecule has 1 aromatic carbocycles. The summed E-state index contributed by atoms with van der Waals surface area (Å²) in [5.74, 6) is -0.312. The van der Waals surface area contributed by atoms with Gasteiger partial charge in [-0.3, -0.25) is 9.59 Å².